The molecule has 0 spiro atoms. The van der Waals surface area contributed by atoms with Crippen molar-refractivity contribution < 1.29 is 19.4 Å². The Balaban J connectivity index is 1.95. The normalized spacial score (nSPS) is 16.5. The smallest absolute Gasteiger partial charge is 0.344 e. The Labute approximate surface area is 142 Å². The Hall–Kier alpha value is -2.28. The third kappa shape index (κ3) is 4.61. The van der Waals surface area contributed by atoms with Crippen LogP contribution in [-0.4, -0.2) is 78.2 Å². The van der Waals surface area contributed by atoms with Gasteiger partial charge in [-0.25, -0.2) is 9.59 Å². The predicted molar refractivity (Wildman–Crippen MR) is 90.1 cm³/mol. The number of carboxylic acid groups (broad SMARTS) is 1. The van der Waals surface area contributed by atoms with Crippen LogP contribution in [0.5, 0.6) is 5.75 Å². The zero-order chi connectivity index (χ0) is 17.7. The van der Waals surface area contributed by atoms with Crippen LogP contribution in [0, 0.1) is 0 Å². The van der Waals surface area contributed by atoms with Gasteiger partial charge in [0.25, 0.3) is 0 Å². The van der Waals surface area contributed by atoms with Gasteiger partial charge in [0.2, 0.25) is 0 Å². The van der Waals surface area contributed by atoms with E-state index in [-0.39, 0.29) is 6.03 Å². The molecule has 1 aromatic rings. The number of ether oxygens (including phenoxy) is 1. The van der Waals surface area contributed by atoms with Gasteiger partial charge in [-0.2, -0.15) is 0 Å². The summed E-state index contributed by atoms with van der Waals surface area (Å²) in [6, 6.07) is 7.52. The Morgan fingerprint density at radius 3 is 2.42 bits per heavy atom. The van der Waals surface area contributed by atoms with E-state index in [9.17, 15) is 9.59 Å². The number of carbonyl (C=O) groups is 2. The molecule has 1 atom stereocenters. The fraction of sp³-hybridized carbons (Fsp3) is 0.529. The molecule has 1 N–H and O–H groups in total. The summed E-state index contributed by atoms with van der Waals surface area (Å²) in [4.78, 5) is 28.6. The second kappa shape index (κ2) is 8.01. The van der Waals surface area contributed by atoms with E-state index in [0.29, 0.717) is 25.4 Å². The average Bonchev–Trinajstić information content (AvgIpc) is 2.56. The fourth-order valence-corrected chi connectivity index (χ4v) is 2.61. The van der Waals surface area contributed by atoms with Crippen molar-refractivity contribution in [1.82, 2.24) is 14.7 Å². The molecule has 2 rings (SSSR count). The minimum atomic E-state index is -0.986. The summed E-state index contributed by atoms with van der Waals surface area (Å²) < 4.78 is 5.54. The van der Waals surface area contributed by atoms with Crippen LogP contribution in [0.1, 0.15) is 12.5 Å². The molecule has 1 aliphatic heterocycles. The number of aliphatic carboxylic acids is 1. The molecule has 0 unspecified atom stereocenters. The molecule has 0 bridgehead atoms. The number of nitrogens with zero attached hydrogens (tertiary/aromatic N) is 3. The number of urea groups is 1. The molecular formula is C17H25N3O4. The van der Waals surface area contributed by atoms with Gasteiger partial charge in [0.15, 0.2) is 6.10 Å². The maximum Gasteiger partial charge on any atom is 0.344 e. The molecule has 24 heavy (non-hydrogen) atoms. The van der Waals surface area contributed by atoms with Gasteiger partial charge in [-0.1, -0.05) is 18.2 Å². The summed E-state index contributed by atoms with van der Waals surface area (Å²) in [6.45, 7) is 5.12. The van der Waals surface area contributed by atoms with Crippen LogP contribution in [0.2, 0.25) is 0 Å². The number of carbonyl (C=O) groups excluding carboxylic acids is 1. The second-order valence-electron chi connectivity index (χ2n) is 6.15. The van der Waals surface area contributed by atoms with Crippen molar-refractivity contribution in [3.05, 3.63) is 29.8 Å². The first-order chi connectivity index (χ1) is 11.4. The number of hydrogen-bond donors (Lipinski definition) is 1. The van der Waals surface area contributed by atoms with Gasteiger partial charge in [0.1, 0.15) is 5.75 Å². The number of amides is 2. The number of rotatable bonds is 5. The first-order valence-corrected chi connectivity index (χ1v) is 8.04. The number of piperazine rings is 1. The van der Waals surface area contributed by atoms with Crippen molar-refractivity contribution in [3.63, 3.8) is 0 Å². The third-order valence-electron chi connectivity index (χ3n) is 4.04. The Bertz CT molecular complexity index is 583. The topological polar surface area (TPSA) is 73.3 Å². The molecule has 1 aliphatic rings. The Kier molecular flexibility index (Phi) is 6.03. The maximum absolute atomic E-state index is 12.0. The van der Waals surface area contributed by atoms with Crippen molar-refractivity contribution in [3.8, 4) is 5.75 Å². The lowest BCUT2D eigenvalue weighted by Gasteiger charge is -2.36. The average molecular weight is 335 g/mol. The molecular weight excluding hydrogens is 310 g/mol. The molecule has 132 valence electrons. The van der Waals surface area contributed by atoms with E-state index in [0.717, 1.165) is 18.7 Å². The van der Waals surface area contributed by atoms with Gasteiger partial charge in [-0.15, -0.1) is 0 Å². The van der Waals surface area contributed by atoms with E-state index in [1.807, 2.05) is 23.1 Å². The Morgan fingerprint density at radius 2 is 1.83 bits per heavy atom. The molecule has 0 aliphatic carbocycles. The largest absolute Gasteiger partial charge is 0.479 e. The van der Waals surface area contributed by atoms with Crippen LogP contribution in [0.15, 0.2) is 24.3 Å². The maximum atomic E-state index is 12.0. The molecule has 7 heteroatoms. The van der Waals surface area contributed by atoms with Crippen LogP contribution in [0.25, 0.3) is 0 Å². The summed E-state index contributed by atoms with van der Waals surface area (Å²) in [6.07, 6.45) is -0.888. The number of para-hydroxylation sites is 1. The highest BCUT2D eigenvalue weighted by Gasteiger charge is 2.23. The standard InChI is InChI=1S/C17H25N3O4/c1-13(16(21)22)24-15-7-5-4-6-14(15)12-19-8-10-20(11-9-19)17(23)18(2)3/h4-7,13H,8-12H2,1-3H3,(H,21,22)/t13-/m0/s1. The summed E-state index contributed by atoms with van der Waals surface area (Å²) in [7, 11) is 3.51. The second-order valence-corrected chi connectivity index (χ2v) is 6.15. The third-order valence-corrected chi connectivity index (χ3v) is 4.04. The monoisotopic (exact) mass is 335 g/mol. The van der Waals surface area contributed by atoms with E-state index >= 15 is 0 Å². The van der Waals surface area contributed by atoms with Crippen molar-refractivity contribution in [1.29, 1.82) is 0 Å². The number of carboxylic acids is 1. The lowest BCUT2D eigenvalue weighted by molar-refractivity contribution is -0.144. The highest BCUT2D eigenvalue weighted by Crippen LogP contribution is 2.22. The zero-order valence-corrected chi connectivity index (χ0v) is 14.4. The minimum Gasteiger partial charge on any atom is -0.479 e. The molecule has 1 saturated heterocycles. The highest BCUT2D eigenvalue weighted by molar-refractivity contribution is 5.74. The van der Waals surface area contributed by atoms with Crippen LogP contribution in [0.3, 0.4) is 0 Å². The molecule has 1 fully saturated rings. The zero-order valence-electron chi connectivity index (χ0n) is 14.4. The molecule has 2 amide bonds. The molecule has 0 radical (unpaired) electrons. The van der Waals surface area contributed by atoms with Gasteiger partial charge in [0.05, 0.1) is 0 Å². The van der Waals surface area contributed by atoms with Crippen LogP contribution in [-0.2, 0) is 11.3 Å². The van der Waals surface area contributed by atoms with Crippen molar-refractivity contribution in [2.75, 3.05) is 40.3 Å². The van der Waals surface area contributed by atoms with Crippen LogP contribution < -0.4 is 4.74 Å². The number of hydrogen-bond acceptors (Lipinski definition) is 4. The van der Waals surface area contributed by atoms with Gasteiger partial charge in [-0.05, 0) is 13.0 Å². The summed E-state index contributed by atoms with van der Waals surface area (Å²) in [5.74, 6) is -0.389. The summed E-state index contributed by atoms with van der Waals surface area (Å²) in [5, 5.41) is 9.00. The van der Waals surface area contributed by atoms with E-state index in [2.05, 4.69) is 4.90 Å². The molecule has 1 aromatic carbocycles. The van der Waals surface area contributed by atoms with Gasteiger partial charge >= 0.3 is 12.0 Å². The number of benzene rings is 1. The molecule has 0 aromatic heterocycles. The van der Waals surface area contributed by atoms with Crippen LogP contribution >= 0.6 is 0 Å². The van der Waals surface area contributed by atoms with E-state index in [4.69, 9.17) is 9.84 Å². The van der Waals surface area contributed by atoms with Crippen molar-refractivity contribution >= 4 is 12.0 Å². The minimum absolute atomic E-state index is 0.0358. The molecule has 7 nitrogen and oxygen atoms in total. The fourth-order valence-electron chi connectivity index (χ4n) is 2.61. The van der Waals surface area contributed by atoms with E-state index < -0.39 is 12.1 Å². The van der Waals surface area contributed by atoms with E-state index in [1.54, 1.807) is 25.1 Å². The molecule has 0 saturated carbocycles. The molecule has 1 heterocycles. The van der Waals surface area contributed by atoms with Crippen molar-refractivity contribution in [2.45, 2.75) is 19.6 Å². The first-order valence-electron chi connectivity index (χ1n) is 8.04. The SMILES string of the molecule is C[C@H](Oc1ccccc1CN1CCN(C(=O)N(C)C)CC1)C(=O)O. The first kappa shape index (κ1) is 18.1. The van der Waals surface area contributed by atoms with Crippen molar-refractivity contribution in [2.24, 2.45) is 0 Å². The summed E-state index contributed by atoms with van der Waals surface area (Å²) in [5.41, 5.74) is 0.956. The lowest BCUT2D eigenvalue weighted by atomic mass is 10.1. The quantitative estimate of drug-likeness (QED) is 0.879. The van der Waals surface area contributed by atoms with Gasteiger partial charge in [-0.3, -0.25) is 4.90 Å². The highest BCUT2D eigenvalue weighted by atomic mass is 16.5. The van der Waals surface area contributed by atoms with Crippen LogP contribution in [0.4, 0.5) is 4.79 Å². The predicted octanol–water partition coefficient (Wildman–Crippen LogP) is 1.34. The van der Waals surface area contributed by atoms with E-state index in [1.165, 1.54) is 6.92 Å². The summed E-state index contributed by atoms with van der Waals surface area (Å²) >= 11 is 0. The Morgan fingerprint density at radius 1 is 1.21 bits per heavy atom. The van der Waals surface area contributed by atoms with Gasteiger partial charge in [0, 0.05) is 52.4 Å². The van der Waals surface area contributed by atoms with Gasteiger partial charge < -0.3 is 19.6 Å². The lowest BCUT2D eigenvalue weighted by Crippen LogP contribution is -2.51.